The molecule has 2 aromatic rings. The summed E-state index contributed by atoms with van der Waals surface area (Å²) in [5.74, 6) is -0.722. The Kier molecular flexibility index (Phi) is 7.90. The van der Waals surface area contributed by atoms with Crippen molar-refractivity contribution in [1.82, 2.24) is 4.98 Å². The van der Waals surface area contributed by atoms with Crippen molar-refractivity contribution in [1.29, 1.82) is 0 Å². The highest BCUT2D eigenvalue weighted by atomic mass is 16.6. The number of hydrogen-bond acceptors (Lipinski definition) is 6. The van der Waals surface area contributed by atoms with E-state index in [1.807, 2.05) is 45.9 Å². The molecule has 1 aliphatic carbocycles. The van der Waals surface area contributed by atoms with Gasteiger partial charge in [0.15, 0.2) is 6.10 Å². The van der Waals surface area contributed by atoms with E-state index in [-0.39, 0.29) is 25.2 Å². The van der Waals surface area contributed by atoms with Crippen molar-refractivity contribution in [3.05, 3.63) is 46.7 Å². The maximum absolute atomic E-state index is 13.1. The summed E-state index contributed by atoms with van der Waals surface area (Å²) in [6.07, 6.45) is 5.63. The second kappa shape index (κ2) is 10.5. The number of fused-ring (bicyclic) bond motifs is 1. The number of pyridine rings is 1. The van der Waals surface area contributed by atoms with Gasteiger partial charge in [0.25, 0.3) is 0 Å². The molecule has 3 rings (SSSR count). The Morgan fingerprint density at radius 3 is 2.52 bits per heavy atom. The van der Waals surface area contributed by atoms with E-state index in [1.54, 1.807) is 6.92 Å². The summed E-state index contributed by atoms with van der Waals surface area (Å²) in [6.45, 7) is 11.4. The number of nitrogens with zero attached hydrogens (tertiary/aromatic N) is 1. The quantitative estimate of drug-likeness (QED) is 0.480. The van der Waals surface area contributed by atoms with Crippen LogP contribution in [-0.2, 0) is 30.4 Å². The first-order chi connectivity index (χ1) is 15.6. The van der Waals surface area contributed by atoms with Gasteiger partial charge in [0, 0.05) is 17.9 Å². The SMILES string of the molecule is CCOC(=O)[C@@H](OC(C)(C)C)c1c(C)cc2nc(COC(C)=O)ccc2c1C1=CCCCC1. The fraction of sp³-hybridized carbons (Fsp3) is 0.519. The van der Waals surface area contributed by atoms with Crippen LogP contribution in [0.3, 0.4) is 0 Å². The van der Waals surface area contributed by atoms with Crippen molar-refractivity contribution in [2.24, 2.45) is 0 Å². The van der Waals surface area contributed by atoms with Crippen LogP contribution in [0.5, 0.6) is 0 Å². The maximum atomic E-state index is 13.1. The molecule has 1 aromatic heterocycles. The first-order valence-electron chi connectivity index (χ1n) is 11.7. The third kappa shape index (κ3) is 6.20. The van der Waals surface area contributed by atoms with Gasteiger partial charge in [-0.3, -0.25) is 4.79 Å². The van der Waals surface area contributed by atoms with Gasteiger partial charge in [-0.15, -0.1) is 0 Å². The number of benzene rings is 1. The lowest BCUT2D eigenvalue weighted by atomic mass is 9.84. The minimum atomic E-state index is -0.840. The molecule has 1 aromatic carbocycles. The Bertz CT molecular complexity index is 1060. The molecule has 0 radical (unpaired) electrons. The monoisotopic (exact) mass is 453 g/mol. The van der Waals surface area contributed by atoms with Crippen molar-refractivity contribution >= 4 is 28.4 Å². The van der Waals surface area contributed by atoms with E-state index in [1.165, 1.54) is 12.5 Å². The highest BCUT2D eigenvalue weighted by Gasteiger charge is 2.33. The van der Waals surface area contributed by atoms with Gasteiger partial charge in [-0.1, -0.05) is 12.1 Å². The van der Waals surface area contributed by atoms with Crippen LogP contribution < -0.4 is 0 Å². The molecule has 1 atom stereocenters. The summed E-state index contributed by atoms with van der Waals surface area (Å²) in [7, 11) is 0. The van der Waals surface area contributed by atoms with Crippen molar-refractivity contribution in [3.63, 3.8) is 0 Å². The predicted molar refractivity (Wildman–Crippen MR) is 129 cm³/mol. The molecule has 1 heterocycles. The van der Waals surface area contributed by atoms with Crippen LogP contribution in [0.15, 0.2) is 24.3 Å². The molecule has 0 saturated carbocycles. The molecule has 1 aliphatic rings. The molecule has 6 nitrogen and oxygen atoms in total. The first kappa shape index (κ1) is 24.9. The second-order valence-corrected chi connectivity index (χ2v) is 9.47. The smallest absolute Gasteiger partial charge is 0.339 e. The third-order valence-corrected chi connectivity index (χ3v) is 5.57. The molecule has 6 heteroatoms. The summed E-state index contributed by atoms with van der Waals surface area (Å²) < 4.78 is 16.9. The van der Waals surface area contributed by atoms with E-state index >= 15 is 0 Å². The van der Waals surface area contributed by atoms with Crippen LogP contribution in [0.4, 0.5) is 0 Å². The molecule has 0 spiro atoms. The lowest BCUT2D eigenvalue weighted by Crippen LogP contribution is -2.30. The summed E-state index contributed by atoms with van der Waals surface area (Å²) >= 11 is 0. The van der Waals surface area contributed by atoms with Gasteiger partial charge >= 0.3 is 11.9 Å². The highest BCUT2D eigenvalue weighted by Crippen LogP contribution is 2.41. The molecular weight excluding hydrogens is 418 g/mol. The standard InChI is InChI=1S/C27H35NO5/c1-7-31-26(30)25(33-27(4,5)6)23-17(2)15-22-21(24(23)19-11-9-8-10-12-19)14-13-20(28-22)16-32-18(3)29/h11,13-15,25H,7-10,12,16H2,1-6H3/t25-/m0/s1. The number of carbonyl (C=O) groups excluding carboxylic acids is 2. The van der Waals surface area contributed by atoms with Crippen molar-refractivity contribution in [2.45, 2.75) is 85.5 Å². The molecular formula is C27H35NO5. The Morgan fingerprint density at radius 2 is 1.91 bits per heavy atom. The molecule has 0 N–H and O–H groups in total. The van der Waals surface area contributed by atoms with Gasteiger partial charge in [-0.05, 0) is 89.1 Å². The molecule has 0 unspecified atom stereocenters. The van der Waals surface area contributed by atoms with Crippen LogP contribution >= 0.6 is 0 Å². The number of rotatable bonds is 7. The van der Waals surface area contributed by atoms with E-state index in [9.17, 15) is 9.59 Å². The lowest BCUT2D eigenvalue weighted by Gasteiger charge is -2.30. The largest absolute Gasteiger partial charge is 0.464 e. The van der Waals surface area contributed by atoms with E-state index in [2.05, 4.69) is 6.08 Å². The number of hydrogen-bond donors (Lipinski definition) is 0. The summed E-state index contributed by atoms with van der Waals surface area (Å²) in [4.78, 5) is 29.1. The Balaban J connectivity index is 2.24. The van der Waals surface area contributed by atoms with Gasteiger partial charge in [0.2, 0.25) is 0 Å². The third-order valence-electron chi connectivity index (χ3n) is 5.57. The van der Waals surface area contributed by atoms with E-state index in [4.69, 9.17) is 19.2 Å². The fourth-order valence-corrected chi connectivity index (χ4v) is 4.27. The van der Waals surface area contributed by atoms with E-state index in [0.29, 0.717) is 5.69 Å². The average Bonchev–Trinajstić information content (AvgIpc) is 2.75. The van der Waals surface area contributed by atoms with E-state index in [0.717, 1.165) is 53.3 Å². The molecule has 0 bridgehead atoms. The second-order valence-electron chi connectivity index (χ2n) is 9.47. The summed E-state index contributed by atoms with van der Waals surface area (Å²) in [6, 6.07) is 5.86. The fourth-order valence-electron chi connectivity index (χ4n) is 4.27. The Morgan fingerprint density at radius 1 is 1.15 bits per heavy atom. The number of ether oxygens (including phenoxy) is 3. The minimum absolute atomic E-state index is 0.128. The van der Waals surface area contributed by atoms with Crippen LogP contribution in [0.1, 0.15) is 88.8 Å². The normalized spacial score (nSPS) is 15.2. The van der Waals surface area contributed by atoms with Crippen LogP contribution in [0, 0.1) is 6.92 Å². The highest BCUT2D eigenvalue weighted by molar-refractivity contribution is 5.96. The molecule has 33 heavy (non-hydrogen) atoms. The van der Waals surface area contributed by atoms with Crippen molar-refractivity contribution in [2.75, 3.05) is 6.61 Å². The van der Waals surface area contributed by atoms with Crippen molar-refractivity contribution in [3.8, 4) is 0 Å². The summed E-state index contributed by atoms with van der Waals surface area (Å²) in [5, 5.41) is 0.960. The van der Waals surface area contributed by atoms with Gasteiger partial charge in [0.05, 0.1) is 23.4 Å². The Hall–Kier alpha value is -2.73. The molecule has 178 valence electrons. The van der Waals surface area contributed by atoms with Gasteiger partial charge in [0.1, 0.15) is 6.61 Å². The predicted octanol–water partition coefficient (Wildman–Crippen LogP) is 5.98. The molecule has 0 amide bonds. The molecule has 0 fully saturated rings. The zero-order valence-corrected chi connectivity index (χ0v) is 20.6. The summed E-state index contributed by atoms with van der Waals surface area (Å²) in [5.41, 5.74) is 4.94. The van der Waals surface area contributed by atoms with Gasteiger partial charge < -0.3 is 14.2 Å². The van der Waals surface area contributed by atoms with E-state index < -0.39 is 11.7 Å². The van der Waals surface area contributed by atoms with Crippen molar-refractivity contribution < 1.29 is 23.8 Å². The minimum Gasteiger partial charge on any atom is -0.464 e. The maximum Gasteiger partial charge on any atom is 0.339 e. The molecule has 0 aliphatic heterocycles. The van der Waals surface area contributed by atoms with Gasteiger partial charge in [-0.25, -0.2) is 9.78 Å². The van der Waals surface area contributed by atoms with Gasteiger partial charge in [-0.2, -0.15) is 0 Å². The zero-order chi connectivity index (χ0) is 24.2. The first-order valence-corrected chi connectivity index (χ1v) is 11.7. The lowest BCUT2D eigenvalue weighted by molar-refractivity contribution is -0.166. The Labute approximate surface area is 196 Å². The number of allylic oxidation sites excluding steroid dienone is 2. The average molecular weight is 454 g/mol. The van der Waals surface area contributed by atoms with Crippen LogP contribution in [0.25, 0.3) is 16.5 Å². The molecule has 0 saturated heterocycles. The number of aryl methyl sites for hydroxylation is 1. The van der Waals surface area contributed by atoms with Crippen LogP contribution in [-0.4, -0.2) is 29.1 Å². The number of aromatic nitrogens is 1. The van der Waals surface area contributed by atoms with Crippen LogP contribution in [0.2, 0.25) is 0 Å². The zero-order valence-electron chi connectivity index (χ0n) is 20.6. The topological polar surface area (TPSA) is 74.7 Å². The number of esters is 2. The number of carbonyl (C=O) groups is 2.